The van der Waals surface area contributed by atoms with E-state index in [2.05, 4.69) is 26.0 Å². The fourth-order valence-corrected chi connectivity index (χ4v) is 4.37. The van der Waals surface area contributed by atoms with Crippen LogP contribution in [-0.2, 0) is 21.2 Å². The van der Waals surface area contributed by atoms with Gasteiger partial charge in [-0.3, -0.25) is 14.5 Å². The molecule has 11 heteroatoms. The van der Waals surface area contributed by atoms with Crippen LogP contribution in [-0.4, -0.2) is 67.2 Å². The summed E-state index contributed by atoms with van der Waals surface area (Å²) in [6.45, 7) is 4.62. The fraction of sp³-hybridized carbons (Fsp3) is 0.688. The normalized spacial score (nSPS) is 18.6. The highest BCUT2D eigenvalue weighted by Gasteiger charge is 2.28. The van der Waals surface area contributed by atoms with Gasteiger partial charge in [0, 0.05) is 51.0 Å². The second kappa shape index (κ2) is 12.2. The van der Waals surface area contributed by atoms with Crippen LogP contribution in [0.5, 0.6) is 0 Å². The van der Waals surface area contributed by atoms with Crippen molar-refractivity contribution in [3.63, 3.8) is 0 Å². The van der Waals surface area contributed by atoms with E-state index in [1.165, 1.54) is 0 Å². The number of aliphatic imine (C=N–C) groups is 1. The number of rotatable bonds is 9. The van der Waals surface area contributed by atoms with Gasteiger partial charge in [0.25, 0.3) is 0 Å². The van der Waals surface area contributed by atoms with Crippen molar-refractivity contribution in [1.82, 2.24) is 25.7 Å². The molecule has 2 heterocycles. The van der Waals surface area contributed by atoms with Gasteiger partial charge in [-0.1, -0.05) is 0 Å². The Kier molecular flexibility index (Phi) is 10.7. The van der Waals surface area contributed by atoms with Crippen LogP contribution in [0.25, 0.3) is 0 Å². The highest BCUT2D eigenvalue weighted by molar-refractivity contribution is 14.0. The fourth-order valence-electron chi connectivity index (χ4n) is 2.70. The zero-order valence-electron chi connectivity index (χ0n) is 15.6. The van der Waals surface area contributed by atoms with Crippen LogP contribution in [0.1, 0.15) is 26.2 Å². The summed E-state index contributed by atoms with van der Waals surface area (Å²) >= 11 is 0. The average Bonchev–Trinajstić information content (AvgIpc) is 3.21. The first-order valence-electron chi connectivity index (χ1n) is 8.98. The van der Waals surface area contributed by atoms with Crippen LogP contribution in [0.2, 0.25) is 0 Å². The van der Waals surface area contributed by atoms with Gasteiger partial charge >= 0.3 is 0 Å². The van der Waals surface area contributed by atoms with Crippen molar-refractivity contribution >= 4 is 45.7 Å². The first-order chi connectivity index (χ1) is 12.5. The zero-order valence-corrected chi connectivity index (χ0v) is 18.7. The first-order valence-corrected chi connectivity index (χ1v) is 10.8. The van der Waals surface area contributed by atoms with Crippen molar-refractivity contribution in [2.75, 3.05) is 31.1 Å². The summed E-state index contributed by atoms with van der Waals surface area (Å²) < 4.78 is 24.7. The molecule has 1 atom stereocenters. The van der Waals surface area contributed by atoms with Gasteiger partial charge in [0.15, 0.2) is 15.8 Å². The molecule has 154 valence electrons. The third-order valence-electron chi connectivity index (χ3n) is 3.96. The van der Waals surface area contributed by atoms with Crippen molar-refractivity contribution in [3.8, 4) is 0 Å². The number of carbonyl (C=O) groups is 1. The lowest BCUT2D eigenvalue weighted by molar-refractivity contribution is -0.121. The lowest BCUT2D eigenvalue weighted by Gasteiger charge is -2.13. The van der Waals surface area contributed by atoms with Crippen LogP contribution in [0.4, 0.5) is 0 Å². The molecule has 1 saturated heterocycles. The van der Waals surface area contributed by atoms with Crippen LogP contribution < -0.4 is 16.0 Å². The minimum absolute atomic E-state index is 0. The van der Waals surface area contributed by atoms with Crippen LogP contribution in [0.15, 0.2) is 23.5 Å². The van der Waals surface area contributed by atoms with Gasteiger partial charge in [-0.05, 0) is 25.8 Å². The van der Waals surface area contributed by atoms with Gasteiger partial charge in [-0.2, -0.15) is 5.10 Å². The number of amides is 1. The largest absolute Gasteiger partial charge is 0.357 e. The van der Waals surface area contributed by atoms with Crippen LogP contribution in [0, 0.1) is 0 Å². The number of aromatic nitrogens is 2. The van der Waals surface area contributed by atoms with E-state index in [1.807, 2.05) is 23.9 Å². The van der Waals surface area contributed by atoms with E-state index < -0.39 is 9.84 Å². The lowest BCUT2D eigenvalue weighted by Crippen LogP contribution is -2.41. The van der Waals surface area contributed by atoms with Gasteiger partial charge in [0.05, 0.1) is 11.5 Å². The van der Waals surface area contributed by atoms with Gasteiger partial charge in [0.1, 0.15) is 0 Å². The number of aryl methyl sites for hydroxylation is 1. The molecule has 1 fully saturated rings. The number of sulfone groups is 1. The van der Waals surface area contributed by atoms with Gasteiger partial charge in [-0.25, -0.2) is 8.42 Å². The second-order valence-corrected chi connectivity index (χ2v) is 8.46. The molecule has 3 N–H and O–H groups in total. The van der Waals surface area contributed by atoms with E-state index >= 15 is 0 Å². The predicted octanol–water partition coefficient (Wildman–Crippen LogP) is 0.140. The van der Waals surface area contributed by atoms with Gasteiger partial charge < -0.3 is 16.0 Å². The molecular weight excluding hydrogens is 483 g/mol. The van der Waals surface area contributed by atoms with E-state index in [-0.39, 0.29) is 53.9 Å². The topological polar surface area (TPSA) is 117 Å². The molecule has 9 nitrogen and oxygen atoms in total. The van der Waals surface area contributed by atoms with Crippen molar-refractivity contribution < 1.29 is 13.2 Å². The average molecular weight is 512 g/mol. The summed E-state index contributed by atoms with van der Waals surface area (Å²) in [5.74, 6) is 0.733. The maximum absolute atomic E-state index is 11.9. The summed E-state index contributed by atoms with van der Waals surface area (Å²) in [5.41, 5.74) is 0. The van der Waals surface area contributed by atoms with E-state index in [0.29, 0.717) is 25.5 Å². The van der Waals surface area contributed by atoms with Gasteiger partial charge in [-0.15, -0.1) is 24.0 Å². The molecular formula is C16H29IN6O3S. The Morgan fingerprint density at radius 3 is 2.81 bits per heavy atom. The Balaban J connectivity index is 0.00000364. The van der Waals surface area contributed by atoms with Crippen LogP contribution >= 0.6 is 24.0 Å². The second-order valence-electron chi connectivity index (χ2n) is 6.23. The number of hydrogen-bond donors (Lipinski definition) is 3. The summed E-state index contributed by atoms with van der Waals surface area (Å²) in [6.07, 6.45) is 5.31. The molecule has 27 heavy (non-hydrogen) atoms. The number of hydrogen-bond acceptors (Lipinski definition) is 5. The lowest BCUT2D eigenvalue weighted by atomic mass is 10.2. The summed E-state index contributed by atoms with van der Waals surface area (Å²) in [5, 5.41) is 13.2. The number of nitrogens with zero attached hydrogens (tertiary/aromatic N) is 3. The molecule has 0 saturated carbocycles. The molecule has 1 aromatic heterocycles. The predicted molar refractivity (Wildman–Crippen MR) is 116 cm³/mol. The maximum atomic E-state index is 11.9. The Morgan fingerprint density at radius 2 is 2.19 bits per heavy atom. The molecule has 1 aliphatic heterocycles. The van der Waals surface area contributed by atoms with E-state index in [0.717, 1.165) is 19.5 Å². The molecule has 0 radical (unpaired) electrons. The van der Waals surface area contributed by atoms with Crippen molar-refractivity contribution in [2.45, 2.75) is 38.8 Å². The van der Waals surface area contributed by atoms with Crippen molar-refractivity contribution in [1.29, 1.82) is 0 Å². The van der Waals surface area contributed by atoms with Crippen LogP contribution in [0.3, 0.4) is 0 Å². The monoisotopic (exact) mass is 512 g/mol. The van der Waals surface area contributed by atoms with E-state index in [9.17, 15) is 13.2 Å². The number of nitrogens with one attached hydrogen (secondary N) is 3. The van der Waals surface area contributed by atoms with Crippen molar-refractivity contribution in [3.05, 3.63) is 18.5 Å². The summed E-state index contributed by atoms with van der Waals surface area (Å²) in [7, 11) is -2.98. The third kappa shape index (κ3) is 9.40. The summed E-state index contributed by atoms with van der Waals surface area (Å²) in [6, 6.07) is 1.64. The number of halogens is 1. The Hall–Kier alpha value is -1.37. The molecule has 1 aromatic rings. The SMILES string of the molecule is CCNC(=NCCCn1cccn1)NCCC(=O)NC1CCS(=O)(=O)C1.I. The standard InChI is InChI=1S/C16H28N6O3S.HI/c1-2-17-16(18-7-3-10-22-11-4-8-20-22)19-9-5-15(23)21-14-6-12-26(24,25)13-14;/h4,8,11,14H,2-3,5-7,9-10,12-13H2,1H3,(H,21,23)(H2,17,18,19);1H. The smallest absolute Gasteiger partial charge is 0.222 e. The number of carbonyl (C=O) groups excluding carboxylic acids is 1. The molecule has 0 aromatic carbocycles. The molecule has 0 aliphatic carbocycles. The Bertz CT molecular complexity index is 693. The van der Waals surface area contributed by atoms with E-state index in [1.54, 1.807) is 6.20 Å². The minimum atomic E-state index is -2.98. The molecule has 1 amide bonds. The quantitative estimate of drug-likeness (QED) is 0.188. The van der Waals surface area contributed by atoms with Crippen molar-refractivity contribution in [2.24, 2.45) is 4.99 Å². The highest BCUT2D eigenvalue weighted by atomic mass is 127. The van der Waals surface area contributed by atoms with Gasteiger partial charge in [0.2, 0.25) is 5.91 Å². The first kappa shape index (κ1) is 23.7. The molecule has 1 unspecified atom stereocenters. The molecule has 0 bridgehead atoms. The Labute approximate surface area is 177 Å². The maximum Gasteiger partial charge on any atom is 0.222 e. The summed E-state index contributed by atoms with van der Waals surface area (Å²) in [4.78, 5) is 16.4. The third-order valence-corrected chi connectivity index (χ3v) is 5.73. The Morgan fingerprint density at radius 1 is 1.37 bits per heavy atom. The minimum Gasteiger partial charge on any atom is -0.357 e. The molecule has 2 rings (SSSR count). The highest BCUT2D eigenvalue weighted by Crippen LogP contribution is 2.11. The number of guanidine groups is 1. The zero-order chi connectivity index (χ0) is 18.8. The molecule has 0 spiro atoms. The molecule has 1 aliphatic rings. The van der Waals surface area contributed by atoms with E-state index in [4.69, 9.17) is 0 Å².